The molecule has 3 aliphatic rings. The van der Waals surface area contributed by atoms with E-state index in [0.717, 1.165) is 38.9 Å². The lowest BCUT2D eigenvalue weighted by molar-refractivity contribution is 0.400. The summed E-state index contributed by atoms with van der Waals surface area (Å²) in [5.74, 6) is -0.530. The molecule has 24 heavy (non-hydrogen) atoms. The molecule has 3 heterocycles. The van der Waals surface area contributed by atoms with Crippen LogP contribution in [0.4, 0.5) is 14.5 Å². The van der Waals surface area contributed by atoms with Crippen LogP contribution in [0, 0.1) is 11.6 Å². The number of piperidine rings is 1. The number of hydrogen-bond acceptors (Lipinski definition) is 2. The molecule has 5 rings (SSSR count). The molecule has 0 saturated carbocycles. The Morgan fingerprint density at radius 3 is 2.79 bits per heavy atom. The van der Waals surface area contributed by atoms with Crippen LogP contribution in [0.5, 0.6) is 0 Å². The Bertz CT molecular complexity index is 797. The Labute approximate surface area is 140 Å². The van der Waals surface area contributed by atoms with Crippen LogP contribution in [-0.4, -0.2) is 25.7 Å². The highest BCUT2D eigenvalue weighted by Crippen LogP contribution is 2.49. The molecule has 0 amide bonds. The summed E-state index contributed by atoms with van der Waals surface area (Å²) in [5.41, 5.74) is 4.68. The van der Waals surface area contributed by atoms with Gasteiger partial charge in [-0.05, 0) is 66.8 Å². The number of benzene rings is 2. The Hall–Kier alpha value is -1.94. The second-order valence-electron chi connectivity index (χ2n) is 7.13. The minimum absolute atomic E-state index is 0.112. The summed E-state index contributed by atoms with van der Waals surface area (Å²) in [7, 11) is 0. The zero-order valence-corrected chi connectivity index (χ0v) is 13.5. The Morgan fingerprint density at radius 1 is 1.12 bits per heavy atom. The fourth-order valence-electron chi connectivity index (χ4n) is 4.88. The lowest BCUT2D eigenvalue weighted by Crippen LogP contribution is -2.45. The zero-order valence-electron chi connectivity index (χ0n) is 13.5. The van der Waals surface area contributed by atoms with Crippen LogP contribution in [0.2, 0.25) is 0 Å². The summed E-state index contributed by atoms with van der Waals surface area (Å²) >= 11 is 0. The largest absolute Gasteiger partial charge is 0.367 e. The lowest BCUT2D eigenvalue weighted by Gasteiger charge is -2.36. The molecule has 0 aromatic heterocycles. The Kier molecular flexibility index (Phi) is 3.17. The predicted octanol–water partition coefficient (Wildman–Crippen LogP) is 3.84. The molecule has 2 atom stereocenters. The van der Waals surface area contributed by atoms with E-state index in [4.69, 9.17) is 0 Å². The minimum Gasteiger partial charge on any atom is -0.367 e. The Morgan fingerprint density at radius 2 is 1.96 bits per heavy atom. The number of anilines is 1. The molecule has 3 aliphatic heterocycles. The monoisotopic (exact) mass is 326 g/mol. The van der Waals surface area contributed by atoms with E-state index in [1.54, 1.807) is 0 Å². The van der Waals surface area contributed by atoms with Gasteiger partial charge in [0.25, 0.3) is 0 Å². The van der Waals surface area contributed by atoms with Crippen LogP contribution in [0.3, 0.4) is 0 Å². The molecule has 1 saturated heterocycles. The molecule has 2 nitrogen and oxygen atoms in total. The van der Waals surface area contributed by atoms with Crippen molar-refractivity contribution in [1.29, 1.82) is 0 Å². The third-order valence-electron chi connectivity index (χ3n) is 5.85. The van der Waals surface area contributed by atoms with Crippen molar-refractivity contribution in [2.45, 2.75) is 31.2 Å². The van der Waals surface area contributed by atoms with E-state index < -0.39 is 11.6 Å². The van der Waals surface area contributed by atoms with Crippen molar-refractivity contribution in [2.24, 2.45) is 0 Å². The van der Waals surface area contributed by atoms with E-state index in [1.807, 2.05) is 12.1 Å². The van der Waals surface area contributed by atoms with Crippen molar-refractivity contribution in [2.75, 3.05) is 24.5 Å². The zero-order chi connectivity index (χ0) is 16.3. The number of aryl methyl sites for hydroxylation is 1. The first-order valence-corrected chi connectivity index (χ1v) is 8.82. The third-order valence-corrected chi connectivity index (χ3v) is 5.85. The van der Waals surface area contributed by atoms with Gasteiger partial charge in [-0.25, -0.2) is 8.78 Å². The average molecular weight is 326 g/mol. The number of nitrogens with zero attached hydrogens (tertiary/aromatic N) is 1. The first-order valence-electron chi connectivity index (χ1n) is 8.82. The molecule has 0 aliphatic carbocycles. The van der Waals surface area contributed by atoms with Gasteiger partial charge < -0.3 is 10.2 Å². The highest BCUT2D eigenvalue weighted by Gasteiger charge is 2.42. The van der Waals surface area contributed by atoms with E-state index in [1.165, 1.54) is 35.0 Å². The standard InChI is InChI=1S/C20H20F2N2/c21-16-4-1-5-17(22)19(16)13-9-12-3-2-8-24-18-6-7-23-11-15(18)14(10-13)20(12)24/h1,4-5,9-10,15,18,23H,2-3,6-8,11H2/t15-,18-/m1/s1. The molecule has 1 fully saturated rings. The Balaban J connectivity index is 1.72. The first-order chi connectivity index (χ1) is 11.7. The van der Waals surface area contributed by atoms with Crippen LogP contribution < -0.4 is 10.2 Å². The maximum absolute atomic E-state index is 14.3. The molecular formula is C20H20F2N2. The van der Waals surface area contributed by atoms with Crippen molar-refractivity contribution >= 4 is 5.69 Å². The molecule has 1 N–H and O–H groups in total. The lowest BCUT2D eigenvalue weighted by atomic mass is 9.87. The fraction of sp³-hybridized carbons (Fsp3) is 0.400. The third kappa shape index (κ3) is 1.95. The summed E-state index contributed by atoms with van der Waals surface area (Å²) in [6, 6.07) is 8.70. The number of nitrogens with one attached hydrogen (secondary N) is 1. The molecule has 2 aromatic carbocycles. The van der Waals surface area contributed by atoms with E-state index in [0.29, 0.717) is 17.5 Å². The second kappa shape index (κ2) is 5.28. The van der Waals surface area contributed by atoms with E-state index in [2.05, 4.69) is 10.2 Å². The summed E-state index contributed by atoms with van der Waals surface area (Å²) < 4.78 is 28.6. The minimum atomic E-state index is -0.480. The highest BCUT2D eigenvalue weighted by molar-refractivity contribution is 5.77. The summed E-state index contributed by atoms with van der Waals surface area (Å²) in [6.45, 7) is 3.11. The molecule has 0 bridgehead atoms. The van der Waals surface area contributed by atoms with Crippen molar-refractivity contribution < 1.29 is 8.78 Å². The molecule has 4 heteroatoms. The molecule has 124 valence electrons. The van der Waals surface area contributed by atoms with Gasteiger partial charge in [-0.15, -0.1) is 0 Å². The topological polar surface area (TPSA) is 15.3 Å². The van der Waals surface area contributed by atoms with Crippen molar-refractivity contribution in [3.05, 3.63) is 53.1 Å². The first kappa shape index (κ1) is 14.4. The van der Waals surface area contributed by atoms with Crippen molar-refractivity contribution in [3.63, 3.8) is 0 Å². The summed E-state index contributed by atoms with van der Waals surface area (Å²) in [5, 5.41) is 3.49. The van der Waals surface area contributed by atoms with Crippen LogP contribution in [-0.2, 0) is 6.42 Å². The molecule has 0 unspecified atom stereocenters. The maximum atomic E-state index is 14.3. The SMILES string of the molecule is Fc1cccc(F)c1-c1cc2c3c(c1)[C@H]1CNCC[C@H]1N3CCC2. The summed E-state index contributed by atoms with van der Waals surface area (Å²) in [4.78, 5) is 2.56. The van der Waals surface area contributed by atoms with Gasteiger partial charge in [-0.3, -0.25) is 0 Å². The average Bonchev–Trinajstić information content (AvgIpc) is 2.91. The molecule has 0 radical (unpaired) electrons. The second-order valence-corrected chi connectivity index (χ2v) is 7.13. The highest BCUT2D eigenvalue weighted by atomic mass is 19.1. The quantitative estimate of drug-likeness (QED) is 0.856. The van der Waals surface area contributed by atoms with Gasteiger partial charge in [0.05, 0.1) is 5.56 Å². The maximum Gasteiger partial charge on any atom is 0.133 e. The number of fused-ring (bicyclic) bond motifs is 3. The van der Waals surface area contributed by atoms with Gasteiger partial charge >= 0.3 is 0 Å². The molecule has 0 spiro atoms. The van der Waals surface area contributed by atoms with Crippen LogP contribution in [0.1, 0.15) is 29.9 Å². The van der Waals surface area contributed by atoms with Gasteiger partial charge in [0.2, 0.25) is 0 Å². The van der Waals surface area contributed by atoms with Crippen LogP contribution in [0.15, 0.2) is 30.3 Å². The predicted molar refractivity (Wildman–Crippen MR) is 91.5 cm³/mol. The number of halogens is 2. The van der Waals surface area contributed by atoms with Crippen LogP contribution in [0.25, 0.3) is 11.1 Å². The van der Waals surface area contributed by atoms with Gasteiger partial charge in [0, 0.05) is 30.7 Å². The molecular weight excluding hydrogens is 306 g/mol. The van der Waals surface area contributed by atoms with Gasteiger partial charge in [0.1, 0.15) is 11.6 Å². The summed E-state index contributed by atoms with van der Waals surface area (Å²) in [6.07, 6.45) is 3.25. The number of rotatable bonds is 1. The normalized spacial score (nSPS) is 24.7. The fourth-order valence-corrected chi connectivity index (χ4v) is 4.88. The van der Waals surface area contributed by atoms with Crippen molar-refractivity contribution in [1.82, 2.24) is 5.32 Å². The van der Waals surface area contributed by atoms with Crippen LogP contribution >= 0.6 is 0 Å². The van der Waals surface area contributed by atoms with E-state index in [-0.39, 0.29) is 5.56 Å². The number of hydrogen-bond donors (Lipinski definition) is 1. The smallest absolute Gasteiger partial charge is 0.133 e. The van der Waals surface area contributed by atoms with Gasteiger partial charge in [-0.1, -0.05) is 6.07 Å². The van der Waals surface area contributed by atoms with E-state index in [9.17, 15) is 8.78 Å². The van der Waals surface area contributed by atoms with E-state index >= 15 is 0 Å². The van der Waals surface area contributed by atoms with Gasteiger partial charge in [-0.2, -0.15) is 0 Å². The van der Waals surface area contributed by atoms with Gasteiger partial charge in [0.15, 0.2) is 0 Å². The van der Waals surface area contributed by atoms with Crippen molar-refractivity contribution in [3.8, 4) is 11.1 Å². The molecule has 2 aromatic rings.